The second-order valence-corrected chi connectivity index (χ2v) is 16.5. The van der Waals surface area contributed by atoms with E-state index in [-0.39, 0.29) is 0 Å². The minimum Gasteiger partial charge on any atom is -0.0654 e. The second-order valence-electron chi connectivity index (χ2n) is 16.5. The number of unbranched alkanes of at least 4 members (excludes halogenated alkanes) is 24. The maximum Gasteiger partial charge on any atom is -0.0292 e. The molecule has 45 heavy (non-hydrogen) atoms. The van der Waals surface area contributed by atoms with E-state index in [1.807, 2.05) is 0 Å². The topological polar surface area (TPSA) is 0 Å². The Kier molecular flexibility index (Phi) is 31.1. The molecule has 0 spiro atoms. The Labute approximate surface area is 288 Å². The van der Waals surface area contributed by atoms with Gasteiger partial charge in [0.2, 0.25) is 0 Å². The quantitative estimate of drug-likeness (QED) is 0.0604. The molecule has 2 atom stereocenters. The van der Waals surface area contributed by atoms with Crippen molar-refractivity contribution in [2.45, 2.75) is 272 Å². The number of rotatable bonds is 36. The molecule has 1 saturated carbocycles. The Balaban J connectivity index is 2.71. The van der Waals surface area contributed by atoms with Gasteiger partial charge in [-0.05, 0) is 42.9 Å². The van der Waals surface area contributed by atoms with Crippen molar-refractivity contribution in [3.05, 3.63) is 0 Å². The summed E-state index contributed by atoms with van der Waals surface area (Å²) < 4.78 is 0. The summed E-state index contributed by atoms with van der Waals surface area (Å²) in [6.07, 6.45) is 56.8. The van der Waals surface area contributed by atoms with Gasteiger partial charge in [-0.3, -0.25) is 0 Å². The van der Waals surface area contributed by atoms with E-state index in [1.165, 1.54) is 193 Å². The smallest absolute Gasteiger partial charge is 0.0292 e. The third-order valence-electron chi connectivity index (χ3n) is 12.0. The van der Waals surface area contributed by atoms with Crippen LogP contribution >= 0.6 is 0 Å². The van der Waals surface area contributed by atoms with E-state index in [9.17, 15) is 0 Å². The van der Waals surface area contributed by atoms with Crippen LogP contribution in [0, 0.1) is 17.3 Å². The lowest BCUT2D eigenvalue weighted by atomic mass is 9.68. The third-order valence-corrected chi connectivity index (χ3v) is 12.0. The molecule has 0 aromatic carbocycles. The fourth-order valence-corrected chi connectivity index (χ4v) is 9.10. The van der Waals surface area contributed by atoms with E-state index in [0.717, 1.165) is 11.8 Å². The highest BCUT2D eigenvalue weighted by atomic mass is 14.4. The molecule has 0 heterocycles. The van der Waals surface area contributed by atoms with Gasteiger partial charge in [-0.2, -0.15) is 0 Å². The van der Waals surface area contributed by atoms with Crippen molar-refractivity contribution in [2.24, 2.45) is 17.3 Å². The maximum absolute atomic E-state index is 2.36. The molecular weight excluding hydrogens is 540 g/mol. The van der Waals surface area contributed by atoms with E-state index in [1.54, 1.807) is 51.4 Å². The van der Waals surface area contributed by atoms with E-state index >= 15 is 0 Å². The van der Waals surface area contributed by atoms with Crippen molar-refractivity contribution in [3.63, 3.8) is 0 Å². The lowest BCUT2D eigenvalue weighted by Crippen LogP contribution is -2.25. The van der Waals surface area contributed by atoms with Crippen molar-refractivity contribution in [2.75, 3.05) is 0 Å². The molecule has 0 saturated heterocycles. The van der Waals surface area contributed by atoms with Gasteiger partial charge in [0.25, 0.3) is 0 Å². The molecule has 0 aromatic rings. The highest BCUT2D eigenvalue weighted by molar-refractivity contribution is 4.89. The molecule has 0 heteroatoms. The average molecular weight is 631 g/mol. The van der Waals surface area contributed by atoms with Gasteiger partial charge in [0.05, 0.1) is 0 Å². The first-order valence-corrected chi connectivity index (χ1v) is 22.2. The first-order valence-electron chi connectivity index (χ1n) is 22.2. The van der Waals surface area contributed by atoms with Gasteiger partial charge in [-0.15, -0.1) is 0 Å². The first-order chi connectivity index (χ1) is 22.2. The van der Waals surface area contributed by atoms with E-state index in [2.05, 4.69) is 27.7 Å². The van der Waals surface area contributed by atoms with E-state index < -0.39 is 0 Å². The monoisotopic (exact) mass is 631 g/mol. The molecule has 0 amide bonds. The summed E-state index contributed by atoms with van der Waals surface area (Å²) in [4.78, 5) is 0. The van der Waals surface area contributed by atoms with Crippen LogP contribution in [-0.2, 0) is 0 Å². The molecule has 0 aromatic heterocycles. The Morgan fingerprint density at radius 1 is 0.311 bits per heavy atom. The Hall–Kier alpha value is 0. The normalized spacial score (nSPS) is 16.0. The molecule has 0 N–H and O–H groups in total. The van der Waals surface area contributed by atoms with Crippen LogP contribution in [0.25, 0.3) is 0 Å². The van der Waals surface area contributed by atoms with Gasteiger partial charge >= 0.3 is 0 Å². The van der Waals surface area contributed by atoms with Crippen LogP contribution in [0.2, 0.25) is 0 Å². The second kappa shape index (κ2) is 32.5. The SMILES string of the molecule is CCCCCCCCCCC(CCCCCCCC)CC1(CC(CCCCCCCC)CCCCCCCCCC)CCCC1. The predicted octanol–water partition coefficient (Wildman–Crippen LogP) is 17.1. The molecular formula is C45H90. The zero-order valence-electron chi connectivity index (χ0n) is 32.5. The van der Waals surface area contributed by atoms with Crippen LogP contribution in [0.5, 0.6) is 0 Å². The van der Waals surface area contributed by atoms with Gasteiger partial charge in [0.1, 0.15) is 0 Å². The summed E-state index contributed by atoms with van der Waals surface area (Å²) in [6.45, 7) is 9.40. The van der Waals surface area contributed by atoms with Crippen molar-refractivity contribution in [3.8, 4) is 0 Å². The summed E-state index contributed by atoms with van der Waals surface area (Å²) in [5, 5.41) is 0. The molecule has 270 valence electrons. The molecule has 1 rings (SSSR count). The van der Waals surface area contributed by atoms with Crippen molar-refractivity contribution in [1.82, 2.24) is 0 Å². The van der Waals surface area contributed by atoms with Gasteiger partial charge in [-0.25, -0.2) is 0 Å². The van der Waals surface area contributed by atoms with Crippen molar-refractivity contribution in [1.29, 1.82) is 0 Å². The van der Waals surface area contributed by atoms with Crippen molar-refractivity contribution < 1.29 is 0 Å². The van der Waals surface area contributed by atoms with Gasteiger partial charge in [0.15, 0.2) is 0 Å². The molecule has 0 radical (unpaired) electrons. The summed E-state index contributed by atoms with van der Waals surface area (Å²) in [7, 11) is 0. The summed E-state index contributed by atoms with van der Waals surface area (Å²) in [6, 6.07) is 0. The molecule has 1 aliphatic carbocycles. The molecule has 2 unspecified atom stereocenters. The lowest BCUT2D eigenvalue weighted by Gasteiger charge is -2.37. The van der Waals surface area contributed by atoms with Crippen LogP contribution in [0.4, 0.5) is 0 Å². The summed E-state index contributed by atoms with van der Waals surface area (Å²) in [5.41, 5.74) is 0.708. The Bertz CT molecular complexity index is 512. The number of hydrogen-bond donors (Lipinski definition) is 0. The zero-order chi connectivity index (χ0) is 32.5. The van der Waals surface area contributed by atoms with Crippen LogP contribution in [0.3, 0.4) is 0 Å². The van der Waals surface area contributed by atoms with E-state index in [4.69, 9.17) is 0 Å². The van der Waals surface area contributed by atoms with E-state index in [0.29, 0.717) is 5.41 Å². The van der Waals surface area contributed by atoms with Crippen LogP contribution in [0.1, 0.15) is 272 Å². The minimum atomic E-state index is 0.708. The largest absolute Gasteiger partial charge is 0.0654 e. The van der Waals surface area contributed by atoms with Gasteiger partial charge < -0.3 is 0 Å². The van der Waals surface area contributed by atoms with Crippen LogP contribution < -0.4 is 0 Å². The Morgan fingerprint density at radius 2 is 0.533 bits per heavy atom. The van der Waals surface area contributed by atoms with Crippen LogP contribution in [-0.4, -0.2) is 0 Å². The predicted molar refractivity (Wildman–Crippen MR) is 208 cm³/mol. The standard InChI is InChI=1S/C45H90/c1-5-9-13-17-21-23-27-31-37-43(35-29-25-19-15-11-7-3)41-45(39-33-34-40-45)42-44(36-30-26-20-16-12-8-4)38-32-28-24-22-18-14-10-6-2/h43-44H,5-42H2,1-4H3. The lowest BCUT2D eigenvalue weighted by molar-refractivity contribution is 0.144. The van der Waals surface area contributed by atoms with Gasteiger partial charge in [0, 0.05) is 0 Å². The Morgan fingerprint density at radius 3 is 0.778 bits per heavy atom. The highest BCUT2D eigenvalue weighted by Gasteiger charge is 2.37. The molecule has 0 bridgehead atoms. The molecule has 1 fully saturated rings. The minimum absolute atomic E-state index is 0.708. The summed E-state index contributed by atoms with van der Waals surface area (Å²) in [5.74, 6) is 2.04. The fourth-order valence-electron chi connectivity index (χ4n) is 9.10. The maximum atomic E-state index is 2.36. The van der Waals surface area contributed by atoms with Crippen molar-refractivity contribution >= 4 is 0 Å². The molecule has 0 aliphatic heterocycles. The molecule has 1 aliphatic rings. The third kappa shape index (κ3) is 25.7. The highest BCUT2D eigenvalue weighted by Crippen LogP contribution is 2.50. The van der Waals surface area contributed by atoms with Crippen LogP contribution in [0.15, 0.2) is 0 Å². The number of hydrogen-bond acceptors (Lipinski definition) is 0. The zero-order valence-corrected chi connectivity index (χ0v) is 32.5. The van der Waals surface area contributed by atoms with Gasteiger partial charge in [-0.1, -0.05) is 246 Å². The first kappa shape index (κ1) is 43.0. The molecule has 0 nitrogen and oxygen atoms in total. The summed E-state index contributed by atoms with van der Waals surface area (Å²) >= 11 is 0. The fraction of sp³-hybridized carbons (Fsp3) is 1.00. The average Bonchev–Trinajstić information content (AvgIpc) is 3.50.